The zero-order valence-corrected chi connectivity index (χ0v) is 15.4. The number of carbonyl (C=O) groups excluding carboxylic acids is 1. The number of likely N-dealkylation sites (N-methyl/N-ethyl adjacent to an activating group) is 1. The van der Waals surface area contributed by atoms with Crippen LogP contribution in [0.3, 0.4) is 0 Å². The van der Waals surface area contributed by atoms with Crippen LogP contribution in [-0.2, 0) is 11.3 Å². The molecule has 1 amide bonds. The lowest BCUT2D eigenvalue weighted by molar-refractivity contribution is -0.122. The lowest BCUT2D eigenvalue weighted by Gasteiger charge is -2.16. The molecule has 22 heavy (non-hydrogen) atoms. The third kappa shape index (κ3) is 5.19. The van der Waals surface area contributed by atoms with Crippen molar-refractivity contribution < 1.29 is 4.79 Å². The number of nitrogens with zero attached hydrogens (tertiary/aromatic N) is 2. The monoisotopic (exact) mass is 381 g/mol. The summed E-state index contributed by atoms with van der Waals surface area (Å²) in [4.78, 5) is 18.4. The molecule has 0 saturated heterocycles. The van der Waals surface area contributed by atoms with Gasteiger partial charge in [0.15, 0.2) is 0 Å². The van der Waals surface area contributed by atoms with Gasteiger partial charge >= 0.3 is 0 Å². The molecule has 0 bridgehead atoms. The zero-order valence-electron chi connectivity index (χ0n) is 13.0. The highest BCUT2D eigenvalue weighted by molar-refractivity contribution is 9.10. The van der Waals surface area contributed by atoms with Crippen molar-refractivity contribution in [1.82, 2.24) is 15.2 Å². The van der Waals surface area contributed by atoms with E-state index in [4.69, 9.17) is 0 Å². The maximum Gasteiger partial charge on any atom is 0.234 e. The topological polar surface area (TPSA) is 45.2 Å². The van der Waals surface area contributed by atoms with Crippen LogP contribution in [0.5, 0.6) is 0 Å². The van der Waals surface area contributed by atoms with Gasteiger partial charge in [-0.25, -0.2) is 4.98 Å². The van der Waals surface area contributed by atoms with E-state index in [0.717, 1.165) is 20.7 Å². The van der Waals surface area contributed by atoms with Gasteiger partial charge in [-0.15, -0.1) is 11.3 Å². The number of hydrogen-bond donors (Lipinski definition) is 1. The summed E-state index contributed by atoms with van der Waals surface area (Å²) in [6, 6.07) is 8.27. The van der Waals surface area contributed by atoms with E-state index in [1.54, 1.807) is 11.3 Å². The fraction of sp³-hybridized carbons (Fsp3) is 0.375. The Morgan fingerprint density at radius 3 is 2.91 bits per heavy atom. The smallest absolute Gasteiger partial charge is 0.234 e. The minimum atomic E-state index is 0.0428. The molecule has 6 heteroatoms. The molecule has 0 atom stereocenters. The predicted octanol–water partition coefficient (Wildman–Crippen LogP) is 3.53. The summed E-state index contributed by atoms with van der Waals surface area (Å²) in [5.41, 5.74) is 2.07. The first-order valence-electron chi connectivity index (χ1n) is 7.12. The largest absolute Gasteiger partial charge is 0.353 e. The molecule has 0 aliphatic rings. The standard InChI is InChI=1S/C16H20BrN3OS/c1-11(2)18-15(21)8-20(3)9-16-19-14(10-22-16)12-5-4-6-13(17)7-12/h4-7,10-11H,8-9H2,1-3H3,(H,18,21). The maximum absolute atomic E-state index is 11.7. The molecule has 4 nitrogen and oxygen atoms in total. The highest BCUT2D eigenvalue weighted by atomic mass is 79.9. The molecular formula is C16H20BrN3OS. The number of benzene rings is 1. The van der Waals surface area contributed by atoms with E-state index in [1.165, 1.54) is 0 Å². The van der Waals surface area contributed by atoms with E-state index in [-0.39, 0.29) is 11.9 Å². The fourth-order valence-corrected chi connectivity index (χ4v) is 3.35. The summed E-state index contributed by atoms with van der Waals surface area (Å²) in [5, 5.41) is 5.96. The first kappa shape index (κ1) is 17.1. The van der Waals surface area contributed by atoms with Gasteiger partial charge in [0.25, 0.3) is 0 Å². The lowest BCUT2D eigenvalue weighted by Crippen LogP contribution is -2.38. The lowest BCUT2D eigenvalue weighted by atomic mass is 10.2. The van der Waals surface area contributed by atoms with Gasteiger partial charge in [0.05, 0.1) is 18.8 Å². The van der Waals surface area contributed by atoms with Gasteiger partial charge in [0.2, 0.25) is 5.91 Å². The molecule has 0 spiro atoms. The third-order valence-corrected chi connectivity index (χ3v) is 4.27. The number of aromatic nitrogens is 1. The molecule has 118 valence electrons. The number of halogens is 1. The van der Waals surface area contributed by atoms with Crippen molar-refractivity contribution in [2.45, 2.75) is 26.4 Å². The van der Waals surface area contributed by atoms with Crippen molar-refractivity contribution in [3.63, 3.8) is 0 Å². The van der Waals surface area contributed by atoms with Crippen molar-refractivity contribution >= 4 is 33.2 Å². The summed E-state index contributed by atoms with van der Waals surface area (Å²) in [6.07, 6.45) is 0. The zero-order chi connectivity index (χ0) is 16.1. The van der Waals surface area contributed by atoms with E-state index >= 15 is 0 Å². The first-order chi connectivity index (χ1) is 10.4. The number of thiazole rings is 1. The minimum absolute atomic E-state index is 0.0428. The van der Waals surface area contributed by atoms with E-state index in [9.17, 15) is 4.79 Å². The van der Waals surface area contributed by atoms with Crippen LogP contribution in [0.1, 0.15) is 18.9 Å². The molecule has 1 heterocycles. The van der Waals surface area contributed by atoms with Crippen LogP contribution < -0.4 is 5.32 Å². The second-order valence-electron chi connectivity index (χ2n) is 5.53. The number of amides is 1. The third-order valence-electron chi connectivity index (χ3n) is 2.94. The molecule has 0 radical (unpaired) electrons. The Labute approximate surface area is 143 Å². The fourth-order valence-electron chi connectivity index (χ4n) is 2.06. The molecule has 0 fully saturated rings. The molecule has 0 unspecified atom stereocenters. The molecule has 0 saturated carbocycles. The molecule has 1 aromatic heterocycles. The molecule has 0 aliphatic carbocycles. The van der Waals surface area contributed by atoms with Gasteiger partial charge in [-0.3, -0.25) is 9.69 Å². The normalized spacial score (nSPS) is 11.2. The van der Waals surface area contributed by atoms with Gasteiger partial charge in [0, 0.05) is 21.5 Å². The SMILES string of the molecule is CC(C)NC(=O)CN(C)Cc1nc(-c2cccc(Br)c2)cs1. The Bertz CT molecular complexity index is 642. The summed E-state index contributed by atoms with van der Waals surface area (Å²) >= 11 is 5.10. The summed E-state index contributed by atoms with van der Waals surface area (Å²) < 4.78 is 1.04. The Balaban J connectivity index is 1.96. The molecule has 1 aromatic carbocycles. The van der Waals surface area contributed by atoms with Crippen LogP contribution in [0.15, 0.2) is 34.1 Å². The number of hydrogen-bond acceptors (Lipinski definition) is 4. The highest BCUT2D eigenvalue weighted by Gasteiger charge is 2.11. The number of nitrogens with one attached hydrogen (secondary N) is 1. The molecule has 0 aliphatic heterocycles. The number of rotatable bonds is 6. The average molecular weight is 382 g/mol. The highest BCUT2D eigenvalue weighted by Crippen LogP contribution is 2.25. The minimum Gasteiger partial charge on any atom is -0.353 e. The molecule has 1 N–H and O–H groups in total. The van der Waals surface area contributed by atoms with Crippen molar-refractivity contribution in [3.05, 3.63) is 39.1 Å². The summed E-state index contributed by atoms with van der Waals surface area (Å²) in [7, 11) is 1.93. The van der Waals surface area contributed by atoms with Gasteiger partial charge in [0.1, 0.15) is 5.01 Å². The van der Waals surface area contributed by atoms with Gasteiger partial charge < -0.3 is 5.32 Å². The van der Waals surface area contributed by atoms with Crippen LogP contribution >= 0.6 is 27.3 Å². The quantitative estimate of drug-likeness (QED) is 0.832. The van der Waals surface area contributed by atoms with Crippen molar-refractivity contribution in [1.29, 1.82) is 0 Å². The second-order valence-corrected chi connectivity index (χ2v) is 7.39. The predicted molar refractivity (Wildman–Crippen MR) is 94.9 cm³/mol. The van der Waals surface area contributed by atoms with E-state index in [0.29, 0.717) is 13.1 Å². The molecule has 2 rings (SSSR count). The van der Waals surface area contributed by atoms with E-state index in [1.807, 2.05) is 44.0 Å². The first-order valence-corrected chi connectivity index (χ1v) is 8.79. The van der Waals surface area contributed by atoms with Crippen LogP contribution in [0.2, 0.25) is 0 Å². The van der Waals surface area contributed by atoms with E-state index in [2.05, 4.69) is 37.7 Å². The Hall–Kier alpha value is -1.24. The van der Waals surface area contributed by atoms with Crippen molar-refractivity contribution in [3.8, 4) is 11.3 Å². The number of carbonyl (C=O) groups is 1. The van der Waals surface area contributed by atoms with Gasteiger partial charge in [-0.2, -0.15) is 0 Å². The maximum atomic E-state index is 11.7. The molecule has 2 aromatic rings. The van der Waals surface area contributed by atoms with E-state index < -0.39 is 0 Å². The van der Waals surface area contributed by atoms with Crippen LogP contribution in [0.4, 0.5) is 0 Å². The molecular weight excluding hydrogens is 362 g/mol. The van der Waals surface area contributed by atoms with Crippen LogP contribution in [0.25, 0.3) is 11.3 Å². The second kappa shape index (κ2) is 7.85. The Kier molecular flexibility index (Phi) is 6.11. The van der Waals surface area contributed by atoms with Crippen LogP contribution in [0, 0.1) is 0 Å². The van der Waals surface area contributed by atoms with Crippen molar-refractivity contribution in [2.75, 3.05) is 13.6 Å². The van der Waals surface area contributed by atoms with Gasteiger partial charge in [-0.1, -0.05) is 28.1 Å². The van der Waals surface area contributed by atoms with Crippen LogP contribution in [-0.4, -0.2) is 35.4 Å². The summed E-state index contributed by atoms with van der Waals surface area (Å²) in [5.74, 6) is 0.0428. The Morgan fingerprint density at radius 1 is 1.45 bits per heavy atom. The van der Waals surface area contributed by atoms with Gasteiger partial charge in [-0.05, 0) is 33.0 Å². The average Bonchev–Trinajstić information content (AvgIpc) is 2.85. The Morgan fingerprint density at radius 2 is 2.23 bits per heavy atom. The van der Waals surface area contributed by atoms with Crippen molar-refractivity contribution in [2.24, 2.45) is 0 Å². The summed E-state index contributed by atoms with van der Waals surface area (Å²) in [6.45, 7) is 4.97.